The largest absolute Gasteiger partial charge is 0.274 e. The third-order valence-electron chi connectivity index (χ3n) is 4.89. The van der Waals surface area contributed by atoms with Gasteiger partial charge in [-0.3, -0.25) is 14.5 Å². The smallest absolute Gasteiger partial charge is 0.261 e. The van der Waals surface area contributed by atoms with Crippen molar-refractivity contribution in [3.8, 4) is 0 Å². The second-order valence-electron chi connectivity index (χ2n) is 6.77. The quantitative estimate of drug-likeness (QED) is 0.396. The van der Waals surface area contributed by atoms with Gasteiger partial charge in [0.15, 0.2) is 0 Å². The Bertz CT molecular complexity index is 1120. The number of imide groups is 1. The Kier molecular flexibility index (Phi) is 5.52. The Morgan fingerprint density at radius 2 is 1.45 bits per heavy atom. The fraction of sp³-hybridized carbons (Fsp3) is 0.0833. The number of nitrogens with zero attached hydrogens (tertiary/aromatic N) is 1. The standard InChI is InChI=1S/C24H17Cl2NO2/c25-21-11-10-17(15-22(21)26)14-20-18-8-4-5-9-19(18)23(28)27(24(20)29)13-12-16-6-2-1-3-7-16/h1-11,14-15H,12-13H2/b20-14-. The number of halogens is 2. The molecule has 0 N–H and O–H groups in total. The van der Waals surface area contributed by atoms with E-state index in [0.29, 0.717) is 39.7 Å². The van der Waals surface area contributed by atoms with E-state index in [-0.39, 0.29) is 11.8 Å². The van der Waals surface area contributed by atoms with E-state index in [4.69, 9.17) is 23.2 Å². The lowest BCUT2D eigenvalue weighted by Gasteiger charge is -2.28. The molecule has 0 radical (unpaired) electrons. The van der Waals surface area contributed by atoms with Gasteiger partial charge in [0.2, 0.25) is 0 Å². The van der Waals surface area contributed by atoms with E-state index in [1.54, 1.807) is 42.5 Å². The summed E-state index contributed by atoms with van der Waals surface area (Å²) in [5.74, 6) is -0.580. The second kappa shape index (κ2) is 8.24. The molecule has 0 spiro atoms. The zero-order valence-corrected chi connectivity index (χ0v) is 17.0. The van der Waals surface area contributed by atoms with Crippen LogP contribution in [0.4, 0.5) is 0 Å². The maximum Gasteiger partial charge on any atom is 0.261 e. The summed E-state index contributed by atoms with van der Waals surface area (Å²) in [7, 11) is 0. The van der Waals surface area contributed by atoms with E-state index in [9.17, 15) is 9.59 Å². The van der Waals surface area contributed by atoms with Crippen molar-refractivity contribution in [3.63, 3.8) is 0 Å². The minimum atomic E-state index is -0.310. The van der Waals surface area contributed by atoms with Crippen LogP contribution in [0.1, 0.15) is 27.0 Å². The molecule has 0 saturated carbocycles. The maximum absolute atomic E-state index is 13.3. The fourth-order valence-electron chi connectivity index (χ4n) is 3.40. The van der Waals surface area contributed by atoms with Gasteiger partial charge in [-0.05, 0) is 47.4 Å². The number of carbonyl (C=O) groups excluding carboxylic acids is 2. The molecule has 3 aromatic rings. The number of amides is 2. The summed E-state index contributed by atoms with van der Waals surface area (Å²) in [6.45, 7) is 0.314. The first-order chi connectivity index (χ1) is 14.0. The van der Waals surface area contributed by atoms with Crippen LogP contribution in [-0.2, 0) is 11.2 Å². The van der Waals surface area contributed by atoms with Gasteiger partial charge < -0.3 is 0 Å². The number of hydrogen-bond acceptors (Lipinski definition) is 2. The molecule has 0 aliphatic carbocycles. The van der Waals surface area contributed by atoms with Crippen molar-refractivity contribution in [2.75, 3.05) is 6.54 Å². The second-order valence-corrected chi connectivity index (χ2v) is 7.59. The first-order valence-corrected chi connectivity index (χ1v) is 9.96. The molecule has 0 bridgehead atoms. The zero-order chi connectivity index (χ0) is 20.4. The maximum atomic E-state index is 13.3. The van der Waals surface area contributed by atoms with Crippen molar-refractivity contribution in [2.45, 2.75) is 6.42 Å². The Hall–Kier alpha value is -2.88. The van der Waals surface area contributed by atoms with Gasteiger partial charge in [0.25, 0.3) is 11.8 Å². The number of fused-ring (bicyclic) bond motifs is 1. The monoisotopic (exact) mass is 421 g/mol. The number of hydrogen-bond donors (Lipinski definition) is 0. The molecule has 0 saturated heterocycles. The SMILES string of the molecule is O=C1/C(=C\c2ccc(Cl)c(Cl)c2)c2ccccc2C(=O)N1CCc1ccccc1. The van der Waals surface area contributed by atoms with E-state index >= 15 is 0 Å². The molecule has 3 nitrogen and oxygen atoms in total. The van der Waals surface area contributed by atoms with Gasteiger partial charge in [-0.15, -0.1) is 0 Å². The highest BCUT2D eigenvalue weighted by atomic mass is 35.5. The van der Waals surface area contributed by atoms with Crippen LogP contribution in [0.3, 0.4) is 0 Å². The van der Waals surface area contributed by atoms with Crippen LogP contribution in [-0.4, -0.2) is 23.3 Å². The molecule has 1 aliphatic heterocycles. The van der Waals surface area contributed by atoms with Crippen molar-refractivity contribution in [1.29, 1.82) is 0 Å². The summed E-state index contributed by atoms with van der Waals surface area (Å²) in [5, 5.41) is 0.860. The van der Waals surface area contributed by atoms with Crippen LogP contribution < -0.4 is 0 Å². The summed E-state index contributed by atoms with van der Waals surface area (Å²) in [6.07, 6.45) is 2.35. The van der Waals surface area contributed by atoms with Crippen LogP contribution in [0, 0.1) is 0 Å². The third-order valence-corrected chi connectivity index (χ3v) is 5.63. The molecular weight excluding hydrogens is 405 g/mol. The molecule has 29 heavy (non-hydrogen) atoms. The third kappa shape index (κ3) is 3.98. The molecule has 5 heteroatoms. The van der Waals surface area contributed by atoms with Gasteiger partial charge in [0.1, 0.15) is 0 Å². The van der Waals surface area contributed by atoms with Crippen molar-refractivity contribution >= 4 is 46.7 Å². The number of rotatable bonds is 4. The van der Waals surface area contributed by atoms with E-state index in [1.807, 2.05) is 36.4 Å². The highest BCUT2D eigenvalue weighted by Crippen LogP contribution is 2.32. The molecule has 0 unspecified atom stereocenters. The lowest BCUT2D eigenvalue weighted by Crippen LogP contribution is -2.42. The minimum absolute atomic E-state index is 0.271. The summed E-state index contributed by atoms with van der Waals surface area (Å²) < 4.78 is 0. The van der Waals surface area contributed by atoms with Crippen LogP contribution in [0.5, 0.6) is 0 Å². The highest BCUT2D eigenvalue weighted by Gasteiger charge is 2.34. The van der Waals surface area contributed by atoms with Crippen molar-refractivity contribution in [2.24, 2.45) is 0 Å². The average Bonchev–Trinajstić information content (AvgIpc) is 2.74. The van der Waals surface area contributed by atoms with Gasteiger partial charge in [-0.25, -0.2) is 0 Å². The fourth-order valence-corrected chi connectivity index (χ4v) is 3.71. The molecule has 144 valence electrons. The Labute approximate surface area is 179 Å². The van der Waals surface area contributed by atoms with E-state index < -0.39 is 0 Å². The van der Waals surface area contributed by atoms with E-state index in [2.05, 4.69) is 0 Å². The van der Waals surface area contributed by atoms with Gasteiger partial charge >= 0.3 is 0 Å². The van der Waals surface area contributed by atoms with E-state index in [0.717, 1.165) is 11.1 Å². The highest BCUT2D eigenvalue weighted by molar-refractivity contribution is 6.42. The molecule has 0 aromatic heterocycles. The molecule has 1 aliphatic rings. The molecule has 3 aromatic carbocycles. The summed E-state index contributed by atoms with van der Waals surface area (Å²) in [4.78, 5) is 27.6. The predicted molar refractivity (Wildman–Crippen MR) is 117 cm³/mol. The van der Waals surface area contributed by atoms with Gasteiger partial charge in [-0.1, -0.05) is 77.8 Å². The molecule has 4 rings (SSSR count). The van der Waals surface area contributed by atoms with Gasteiger partial charge in [0.05, 0.1) is 10.0 Å². The van der Waals surface area contributed by atoms with E-state index in [1.165, 1.54) is 4.90 Å². The minimum Gasteiger partial charge on any atom is -0.274 e. The molecule has 2 amide bonds. The zero-order valence-electron chi connectivity index (χ0n) is 15.4. The van der Waals surface area contributed by atoms with Crippen molar-refractivity contribution < 1.29 is 9.59 Å². The number of carbonyl (C=O) groups is 2. The Morgan fingerprint density at radius 3 is 2.17 bits per heavy atom. The summed E-state index contributed by atoms with van der Waals surface area (Å²) >= 11 is 12.1. The van der Waals surface area contributed by atoms with Crippen molar-refractivity contribution in [3.05, 3.63) is 105 Å². The lowest BCUT2D eigenvalue weighted by atomic mass is 9.92. The first-order valence-electron chi connectivity index (χ1n) is 9.21. The topological polar surface area (TPSA) is 37.4 Å². The van der Waals surface area contributed by atoms with Crippen LogP contribution in [0.2, 0.25) is 10.0 Å². The van der Waals surface area contributed by atoms with Crippen LogP contribution in [0.15, 0.2) is 72.8 Å². The summed E-state index contributed by atoms with van der Waals surface area (Å²) in [6, 6.07) is 22.2. The normalized spacial score (nSPS) is 15.0. The number of benzene rings is 3. The van der Waals surface area contributed by atoms with Crippen LogP contribution >= 0.6 is 23.2 Å². The van der Waals surface area contributed by atoms with Crippen molar-refractivity contribution in [1.82, 2.24) is 4.90 Å². The molecule has 0 fully saturated rings. The van der Waals surface area contributed by atoms with Gasteiger partial charge in [0, 0.05) is 17.7 Å². The Balaban J connectivity index is 1.72. The van der Waals surface area contributed by atoms with Crippen LogP contribution in [0.25, 0.3) is 11.6 Å². The first kappa shape index (κ1) is 19.4. The molecule has 0 atom stereocenters. The molecule has 1 heterocycles. The molecular formula is C24H17Cl2NO2. The summed E-state index contributed by atoms with van der Waals surface area (Å²) in [5.41, 5.74) is 3.43. The van der Waals surface area contributed by atoms with Gasteiger partial charge in [-0.2, -0.15) is 0 Å². The average molecular weight is 422 g/mol. The lowest BCUT2D eigenvalue weighted by molar-refractivity contribution is -0.122. The predicted octanol–water partition coefficient (Wildman–Crippen LogP) is 5.76. The Morgan fingerprint density at radius 1 is 0.759 bits per heavy atom.